The van der Waals surface area contributed by atoms with Crippen LogP contribution in [-0.4, -0.2) is 99.8 Å². The van der Waals surface area contributed by atoms with E-state index in [2.05, 4.69) is 5.32 Å². The summed E-state index contributed by atoms with van der Waals surface area (Å²) in [5.41, 5.74) is -0.160. The number of amides is 1. The maximum Gasteiger partial charge on any atom is 0.343 e. The number of nitrogens with one attached hydrogen (secondary N) is 1. The maximum atomic E-state index is 15.1. The van der Waals surface area contributed by atoms with Gasteiger partial charge in [-0.15, -0.1) is 0 Å². The number of carbonyl (C=O) groups excluding carboxylic acids is 5. The number of carbonyl (C=O) groups is 5. The van der Waals surface area contributed by atoms with Gasteiger partial charge in [-0.3, -0.25) is 19.2 Å². The summed E-state index contributed by atoms with van der Waals surface area (Å²) in [5.74, 6) is -9.00. The number of ether oxygens (including phenoxy) is 4. The zero-order valence-electron chi connectivity index (χ0n) is 36.1. The van der Waals surface area contributed by atoms with E-state index in [0.29, 0.717) is 25.9 Å². The predicted octanol–water partition coefficient (Wildman–Crippen LogP) is 5.31. The molecule has 0 aromatic heterocycles. The molecule has 61 heavy (non-hydrogen) atoms. The molecule has 1 amide bonds. The third kappa shape index (κ3) is 8.46. The topological polar surface area (TPSA) is 198 Å². The van der Waals surface area contributed by atoms with Crippen LogP contribution in [0.3, 0.4) is 0 Å². The number of allylic oxidation sites excluding steroid dienone is 4. The van der Waals surface area contributed by atoms with Crippen molar-refractivity contribution in [2.75, 3.05) is 20.2 Å². The smallest absolute Gasteiger partial charge is 0.343 e. The van der Waals surface area contributed by atoms with Crippen LogP contribution >= 0.6 is 0 Å². The molecule has 7 rings (SSSR count). The Kier molecular flexibility index (Phi) is 13.2. The minimum absolute atomic E-state index is 0.0617. The number of hydrogen-bond acceptors (Lipinski definition) is 13. The van der Waals surface area contributed by atoms with E-state index >= 15 is 9.59 Å². The molecule has 1 fully saturated rings. The highest BCUT2D eigenvalue weighted by molar-refractivity contribution is 6.32. The number of aliphatic hydroxyl groups excluding tert-OH is 3. The quantitative estimate of drug-likeness (QED) is 0.229. The molecule has 326 valence electrons. The second kappa shape index (κ2) is 17.9. The molecular weight excluding hydrogens is 785 g/mol. The SMILES string of the molecule is CO[C@H]1/C=C/O[C@@]2(C)Oc3c(C)c(OC(=O)c4ccc(C)cc4)c4c(c3C2=O)C(=O)C(N2CCCC2)=C(NC(=O)/C(C)=C\C=C\[C@H](C)[C@H](O)[C@@H](C)[C@H](O)[C@H](C)[C@H](O)[C@@H]1C)C4=O. The Morgan fingerprint density at radius 1 is 0.836 bits per heavy atom. The van der Waals surface area contributed by atoms with Crippen LogP contribution in [0.15, 0.2) is 71.8 Å². The van der Waals surface area contributed by atoms with E-state index in [4.69, 9.17) is 18.9 Å². The lowest BCUT2D eigenvalue weighted by Gasteiger charge is -2.36. The highest BCUT2D eigenvalue weighted by Crippen LogP contribution is 2.50. The van der Waals surface area contributed by atoms with E-state index in [0.717, 1.165) is 5.56 Å². The molecule has 4 heterocycles. The number of nitrogens with zero attached hydrogens (tertiary/aromatic N) is 1. The molecule has 9 atom stereocenters. The first-order chi connectivity index (χ1) is 28.8. The maximum absolute atomic E-state index is 15.1. The van der Waals surface area contributed by atoms with Crippen LogP contribution in [0.1, 0.15) is 107 Å². The van der Waals surface area contributed by atoms with Gasteiger partial charge in [-0.1, -0.05) is 63.6 Å². The van der Waals surface area contributed by atoms with Crippen molar-refractivity contribution in [2.45, 2.75) is 98.4 Å². The van der Waals surface area contributed by atoms with E-state index < -0.39 is 83.1 Å². The summed E-state index contributed by atoms with van der Waals surface area (Å²) in [4.78, 5) is 74.1. The van der Waals surface area contributed by atoms with Crippen molar-refractivity contribution in [2.24, 2.45) is 23.7 Å². The summed E-state index contributed by atoms with van der Waals surface area (Å²) in [6.07, 6.45) is 4.73. The van der Waals surface area contributed by atoms with Crippen LogP contribution in [0.25, 0.3) is 0 Å². The van der Waals surface area contributed by atoms with Gasteiger partial charge < -0.3 is 44.5 Å². The van der Waals surface area contributed by atoms with Gasteiger partial charge in [-0.25, -0.2) is 4.79 Å². The molecule has 14 nitrogen and oxygen atoms in total. The Morgan fingerprint density at radius 3 is 2.10 bits per heavy atom. The van der Waals surface area contributed by atoms with Crippen LogP contribution in [0.5, 0.6) is 11.5 Å². The fourth-order valence-corrected chi connectivity index (χ4v) is 8.48. The number of methoxy groups -OCH3 is 1. The lowest BCUT2D eigenvalue weighted by atomic mass is 9.78. The molecule has 14 heteroatoms. The molecule has 4 aliphatic heterocycles. The van der Waals surface area contributed by atoms with E-state index in [9.17, 15) is 29.7 Å². The molecule has 4 N–H and O–H groups in total. The Hall–Kier alpha value is -5.41. The lowest BCUT2D eigenvalue weighted by molar-refractivity contribution is -0.116. The molecule has 0 spiro atoms. The Labute approximate surface area is 355 Å². The molecule has 2 aromatic carbocycles. The van der Waals surface area contributed by atoms with Crippen LogP contribution in [0, 0.1) is 37.5 Å². The van der Waals surface area contributed by atoms with Crippen molar-refractivity contribution in [3.05, 3.63) is 105 Å². The first kappa shape index (κ1) is 45.1. The van der Waals surface area contributed by atoms with Crippen molar-refractivity contribution in [1.29, 1.82) is 0 Å². The average molecular weight is 841 g/mol. The molecular formula is C47H56N2O12. The number of ketones is 3. The van der Waals surface area contributed by atoms with Gasteiger partial charge in [0.2, 0.25) is 11.6 Å². The number of benzene rings is 2. The fourth-order valence-electron chi connectivity index (χ4n) is 8.48. The number of Topliss-reactive ketones (excluding diaryl/α,β-unsaturated/α-hetero) is 3. The lowest BCUT2D eigenvalue weighted by Crippen LogP contribution is -2.45. The van der Waals surface area contributed by atoms with Crippen molar-refractivity contribution in [3.63, 3.8) is 0 Å². The summed E-state index contributed by atoms with van der Waals surface area (Å²) in [6, 6.07) is 6.54. The molecule has 5 bridgehead atoms. The monoisotopic (exact) mass is 840 g/mol. The summed E-state index contributed by atoms with van der Waals surface area (Å²) < 4.78 is 23.9. The molecule has 1 saturated heterocycles. The average Bonchev–Trinajstić information content (AvgIpc) is 3.86. The number of likely N-dealkylation sites (tertiary alicyclic amines) is 1. The minimum atomic E-state index is -2.10. The highest BCUT2D eigenvalue weighted by Gasteiger charge is 2.53. The number of fused-ring (bicyclic) bond motifs is 14. The first-order valence-electron chi connectivity index (χ1n) is 20.7. The van der Waals surface area contributed by atoms with Crippen LogP contribution in [0.2, 0.25) is 0 Å². The Bertz CT molecular complexity index is 2230. The summed E-state index contributed by atoms with van der Waals surface area (Å²) in [5, 5.41) is 36.7. The van der Waals surface area contributed by atoms with Gasteiger partial charge in [0.1, 0.15) is 22.9 Å². The van der Waals surface area contributed by atoms with Gasteiger partial charge in [0.25, 0.3) is 11.7 Å². The first-order valence-corrected chi connectivity index (χ1v) is 20.7. The molecule has 0 saturated carbocycles. The number of rotatable bonds is 4. The standard InChI is InChI=1S/C47H56N2O12/c1-23-15-17-30(18-16-23)46(57)60-42-29(7)43-34-32-33(42)40(53)35(36(41(32)54)49-20-10-11-21-49)48-45(56)25(3)14-12-13-24(2)37(50)27(5)39(52)28(6)38(51)26(4)31(58-9)19-22-59-47(8,61-43)44(34)55/h12-19,22,24,26-28,31,37-39,50-52H,10-11,20-21H2,1-9H3,(H,48,56)/b13-12+,22-19+,25-14-/t24-,26+,27+,28+,31-,37-,38+,39-,47-/m0/s1. The Morgan fingerprint density at radius 2 is 1.46 bits per heavy atom. The number of esters is 1. The van der Waals surface area contributed by atoms with E-state index in [-0.39, 0.29) is 56.3 Å². The van der Waals surface area contributed by atoms with Crippen LogP contribution in [-0.2, 0) is 14.3 Å². The van der Waals surface area contributed by atoms with Gasteiger partial charge in [0.05, 0.1) is 52.9 Å². The molecule has 0 unspecified atom stereocenters. The molecule has 1 aliphatic carbocycles. The van der Waals surface area contributed by atoms with Crippen molar-refractivity contribution >= 4 is 29.2 Å². The van der Waals surface area contributed by atoms with Gasteiger partial charge >= 0.3 is 11.8 Å². The fraction of sp³-hybridized carbons (Fsp3) is 0.468. The second-order valence-corrected chi connectivity index (χ2v) is 16.9. The normalized spacial score (nSPS) is 31.9. The molecule has 2 aromatic rings. The number of hydrogen-bond donors (Lipinski definition) is 4. The van der Waals surface area contributed by atoms with Gasteiger partial charge in [-0.05, 0) is 51.8 Å². The number of aryl methyl sites for hydroxylation is 1. The minimum Gasteiger partial charge on any atom is -0.454 e. The van der Waals surface area contributed by atoms with E-state index in [1.807, 2.05) is 6.92 Å². The van der Waals surface area contributed by atoms with Gasteiger partial charge in [-0.2, -0.15) is 0 Å². The Balaban J connectivity index is 1.54. The van der Waals surface area contributed by atoms with Crippen molar-refractivity contribution in [1.82, 2.24) is 10.2 Å². The largest absolute Gasteiger partial charge is 0.454 e. The summed E-state index contributed by atoms with van der Waals surface area (Å²) in [6.45, 7) is 13.8. The zero-order chi connectivity index (χ0) is 44.7. The van der Waals surface area contributed by atoms with Crippen LogP contribution in [0.4, 0.5) is 0 Å². The van der Waals surface area contributed by atoms with E-state index in [1.54, 1.807) is 69.0 Å². The third-order valence-corrected chi connectivity index (χ3v) is 12.6. The third-order valence-electron chi connectivity index (χ3n) is 12.6. The molecule has 5 aliphatic rings. The van der Waals surface area contributed by atoms with E-state index in [1.165, 1.54) is 46.3 Å². The van der Waals surface area contributed by atoms with Crippen molar-refractivity contribution in [3.8, 4) is 11.5 Å². The second-order valence-electron chi connectivity index (χ2n) is 16.9. The van der Waals surface area contributed by atoms with Gasteiger partial charge in [0, 0.05) is 61.9 Å². The molecule has 0 radical (unpaired) electrons. The summed E-state index contributed by atoms with van der Waals surface area (Å²) >= 11 is 0. The highest BCUT2D eigenvalue weighted by atomic mass is 16.7. The summed E-state index contributed by atoms with van der Waals surface area (Å²) in [7, 11) is 1.43. The van der Waals surface area contributed by atoms with Gasteiger partial charge in [0.15, 0.2) is 0 Å². The van der Waals surface area contributed by atoms with Crippen LogP contribution < -0.4 is 14.8 Å². The predicted molar refractivity (Wildman–Crippen MR) is 224 cm³/mol. The number of aliphatic hydroxyl groups is 3. The van der Waals surface area contributed by atoms with Crippen molar-refractivity contribution < 1.29 is 58.2 Å². The zero-order valence-corrected chi connectivity index (χ0v) is 36.1.